The van der Waals surface area contributed by atoms with Crippen molar-refractivity contribution in [1.82, 2.24) is 34.1 Å². The van der Waals surface area contributed by atoms with Gasteiger partial charge in [-0.25, -0.2) is 9.78 Å². The number of unbranched alkanes of at least 4 members (excludes halogenated alkanes) is 1. The molecule has 0 radical (unpaired) electrons. The standard InChI is InChI=1S/C20H23N7O2/c1-3-5-12-25-16-18(26(11-4-2)20(29)23-19(16)28)22-17(25)15-13-21-27(24-15)14-9-7-6-8-10-14/h6-10,13H,3-5,11-12H2,1-2H3,(H,23,28,29). The number of para-hydroxylation sites is 1. The lowest BCUT2D eigenvalue weighted by Gasteiger charge is -2.07. The third-order valence-corrected chi connectivity index (χ3v) is 4.78. The van der Waals surface area contributed by atoms with Gasteiger partial charge in [0, 0.05) is 13.1 Å². The Kier molecular flexibility index (Phi) is 5.11. The Morgan fingerprint density at radius 3 is 2.52 bits per heavy atom. The highest BCUT2D eigenvalue weighted by Crippen LogP contribution is 2.22. The lowest BCUT2D eigenvalue weighted by Crippen LogP contribution is -2.31. The first kappa shape index (κ1) is 18.9. The predicted octanol–water partition coefficient (Wildman–Crippen LogP) is 2.34. The van der Waals surface area contributed by atoms with E-state index in [0.29, 0.717) is 35.8 Å². The summed E-state index contributed by atoms with van der Waals surface area (Å²) >= 11 is 0. The molecule has 9 heteroatoms. The van der Waals surface area contributed by atoms with E-state index in [-0.39, 0.29) is 0 Å². The molecule has 0 aliphatic rings. The monoisotopic (exact) mass is 393 g/mol. The summed E-state index contributed by atoms with van der Waals surface area (Å²) in [5.74, 6) is 0.539. The van der Waals surface area contributed by atoms with Gasteiger partial charge in [0.15, 0.2) is 17.0 Å². The lowest BCUT2D eigenvalue weighted by molar-refractivity contribution is 0.639. The number of imidazole rings is 1. The fraction of sp³-hybridized carbons (Fsp3) is 0.350. The maximum atomic E-state index is 12.6. The minimum absolute atomic E-state index is 0.390. The van der Waals surface area contributed by atoms with Crippen LogP contribution < -0.4 is 11.2 Å². The normalized spacial score (nSPS) is 11.4. The zero-order valence-corrected chi connectivity index (χ0v) is 16.5. The molecule has 9 nitrogen and oxygen atoms in total. The average molecular weight is 393 g/mol. The van der Waals surface area contributed by atoms with Crippen molar-refractivity contribution in [3.05, 3.63) is 57.4 Å². The van der Waals surface area contributed by atoms with Crippen LogP contribution in [0.3, 0.4) is 0 Å². The number of nitrogens with zero attached hydrogens (tertiary/aromatic N) is 6. The van der Waals surface area contributed by atoms with E-state index in [4.69, 9.17) is 0 Å². The smallest absolute Gasteiger partial charge is 0.317 e. The summed E-state index contributed by atoms with van der Waals surface area (Å²) in [6, 6.07) is 9.58. The highest BCUT2D eigenvalue weighted by atomic mass is 16.2. The van der Waals surface area contributed by atoms with Crippen molar-refractivity contribution < 1.29 is 0 Å². The molecule has 0 atom stereocenters. The van der Waals surface area contributed by atoms with Crippen molar-refractivity contribution >= 4 is 11.2 Å². The second-order valence-electron chi connectivity index (χ2n) is 6.88. The van der Waals surface area contributed by atoms with Crippen molar-refractivity contribution in [3.8, 4) is 17.2 Å². The lowest BCUT2D eigenvalue weighted by atomic mass is 10.3. The van der Waals surface area contributed by atoms with Crippen LogP contribution in [0.15, 0.2) is 46.1 Å². The quantitative estimate of drug-likeness (QED) is 0.519. The number of hydrogen-bond donors (Lipinski definition) is 1. The minimum Gasteiger partial charge on any atom is -0.317 e. The fourth-order valence-electron chi connectivity index (χ4n) is 3.38. The van der Waals surface area contributed by atoms with Crippen LogP contribution in [0, 0.1) is 0 Å². The van der Waals surface area contributed by atoms with Crippen LogP contribution in [0.1, 0.15) is 33.1 Å². The number of aryl methyl sites for hydroxylation is 2. The van der Waals surface area contributed by atoms with Crippen LogP contribution in [0.5, 0.6) is 0 Å². The zero-order valence-electron chi connectivity index (χ0n) is 16.5. The van der Waals surface area contributed by atoms with Crippen molar-refractivity contribution in [3.63, 3.8) is 0 Å². The molecule has 150 valence electrons. The second-order valence-corrected chi connectivity index (χ2v) is 6.88. The van der Waals surface area contributed by atoms with Gasteiger partial charge in [0.05, 0.1) is 11.9 Å². The van der Waals surface area contributed by atoms with Gasteiger partial charge in [0.25, 0.3) is 5.56 Å². The molecule has 0 fully saturated rings. The first-order valence-electron chi connectivity index (χ1n) is 9.85. The van der Waals surface area contributed by atoms with Crippen LogP contribution in [0.25, 0.3) is 28.4 Å². The Hall–Kier alpha value is -3.49. The number of rotatable bonds is 7. The topological polar surface area (TPSA) is 103 Å². The molecule has 3 heterocycles. The van der Waals surface area contributed by atoms with Crippen LogP contribution in [-0.4, -0.2) is 34.1 Å². The molecule has 1 aromatic carbocycles. The largest absolute Gasteiger partial charge is 0.330 e. The highest BCUT2D eigenvalue weighted by Gasteiger charge is 2.21. The molecule has 0 saturated heterocycles. The second kappa shape index (κ2) is 7.86. The van der Waals surface area contributed by atoms with E-state index < -0.39 is 11.2 Å². The number of nitrogens with one attached hydrogen (secondary N) is 1. The number of fused-ring (bicyclic) bond motifs is 1. The molecule has 4 aromatic rings. The van der Waals surface area contributed by atoms with E-state index in [1.807, 2.05) is 41.8 Å². The van der Waals surface area contributed by atoms with E-state index in [1.165, 1.54) is 9.36 Å². The Bertz CT molecular complexity index is 1250. The van der Waals surface area contributed by atoms with Gasteiger partial charge < -0.3 is 4.57 Å². The van der Waals surface area contributed by atoms with Crippen LogP contribution in [-0.2, 0) is 13.1 Å². The Labute approximate surface area is 166 Å². The number of aromatic nitrogens is 7. The highest BCUT2D eigenvalue weighted by molar-refractivity contribution is 5.75. The summed E-state index contributed by atoms with van der Waals surface area (Å²) in [6.07, 6.45) is 4.22. The first-order valence-corrected chi connectivity index (χ1v) is 9.85. The van der Waals surface area contributed by atoms with Crippen molar-refractivity contribution in [2.24, 2.45) is 0 Å². The molecule has 0 aliphatic carbocycles. The number of H-pyrrole nitrogens is 1. The first-order chi connectivity index (χ1) is 14.1. The third-order valence-electron chi connectivity index (χ3n) is 4.78. The number of hydrogen-bond acceptors (Lipinski definition) is 5. The summed E-state index contributed by atoms with van der Waals surface area (Å²) in [5.41, 5.74) is 1.30. The van der Waals surface area contributed by atoms with E-state index >= 15 is 0 Å². The van der Waals surface area contributed by atoms with E-state index in [1.54, 1.807) is 6.20 Å². The van der Waals surface area contributed by atoms with Gasteiger partial charge in [0.1, 0.15) is 5.69 Å². The molecular formula is C20H23N7O2. The molecule has 1 N–H and O–H groups in total. The zero-order chi connectivity index (χ0) is 20.4. The molecule has 4 rings (SSSR count). The van der Waals surface area contributed by atoms with Crippen LogP contribution in [0.4, 0.5) is 0 Å². The summed E-state index contributed by atoms with van der Waals surface area (Å²) in [7, 11) is 0. The van der Waals surface area contributed by atoms with Gasteiger partial charge in [-0.2, -0.15) is 9.90 Å². The predicted molar refractivity (Wildman–Crippen MR) is 110 cm³/mol. The molecule has 0 amide bonds. The number of benzene rings is 1. The van der Waals surface area contributed by atoms with Gasteiger partial charge >= 0.3 is 5.69 Å². The van der Waals surface area contributed by atoms with Gasteiger partial charge in [-0.3, -0.25) is 14.3 Å². The van der Waals surface area contributed by atoms with Crippen molar-refractivity contribution in [1.29, 1.82) is 0 Å². The van der Waals surface area contributed by atoms with Crippen molar-refractivity contribution in [2.75, 3.05) is 0 Å². The summed E-state index contributed by atoms with van der Waals surface area (Å²) < 4.78 is 3.37. The van der Waals surface area contributed by atoms with E-state index in [0.717, 1.165) is 24.9 Å². The molecule has 0 unspecified atom stereocenters. The van der Waals surface area contributed by atoms with Crippen LogP contribution in [0.2, 0.25) is 0 Å². The molecular weight excluding hydrogens is 370 g/mol. The average Bonchev–Trinajstić information content (AvgIpc) is 3.35. The SMILES string of the molecule is CCCCn1c(-c2cnn(-c3ccccc3)n2)nc2c1c(=O)[nH]c(=O)n2CCC. The Balaban J connectivity index is 1.93. The van der Waals surface area contributed by atoms with Gasteiger partial charge in [-0.05, 0) is 25.0 Å². The Morgan fingerprint density at radius 2 is 1.79 bits per heavy atom. The maximum absolute atomic E-state index is 12.6. The fourth-order valence-corrected chi connectivity index (χ4v) is 3.38. The Morgan fingerprint density at radius 1 is 1.00 bits per heavy atom. The summed E-state index contributed by atoms with van der Waals surface area (Å²) in [6.45, 7) is 5.15. The van der Waals surface area contributed by atoms with Gasteiger partial charge in [-0.1, -0.05) is 38.5 Å². The molecule has 29 heavy (non-hydrogen) atoms. The molecule has 0 aliphatic heterocycles. The number of aromatic amines is 1. The molecule has 0 bridgehead atoms. The third kappa shape index (κ3) is 3.39. The van der Waals surface area contributed by atoms with Gasteiger partial charge in [0.2, 0.25) is 0 Å². The molecule has 3 aromatic heterocycles. The summed E-state index contributed by atoms with van der Waals surface area (Å²) in [4.78, 5) is 33.6. The summed E-state index contributed by atoms with van der Waals surface area (Å²) in [5, 5.41) is 8.92. The van der Waals surface area contributed by atoms with Crippen LogP contribution >= 0.6 is 0 Å². The maximum Gasteiger partial charge on any atom is 0.330 e. The van der Waals surface area contributed by atoms with Gasteiger partial charge in [-0.15, -0.1) is 5.10 Å². The molecule has 0 saturated carbocycles. The minimum atomic E-state index is -0.441. The van der Waals surface area contributed by atoms with E-state index in [2.05, 4.69) is 27.1 Å². The molecule has 0 spiro atoms. The van der Waals surface area contributed by atoms with Crippen molar-refractivity contribution in [2.45, 2.75) is 46.2 Å². The van der Waals surface area contributed by atoms with E-state index in [9.17, 15) is 9.59 Å².